The molecule has 0 heterocycles. The maximum atomic E-state index is 11.0. The normalized spacial score (nSPS) is 10.6. The third kappa shape index (κ3) is 3.69. The van der Waals surface area contributed by atoms with Crippen molar-refractivity contribution in [2.45, 2.75) is 0 Å². The molecule has 10 nitrogen and oxygen atoms in total. The summed E-state index contributed by atoms with van der Waals surface area (Å²) < 4.78 is 0. The molecule has 0 aliphatic heterocycles. The second kappa shape index (κ2) is 6.39. The molecule has 23 heavy (non-hydrogen) atoms. The Bertz CT molecular complexity index is 816. The summed E-state index contributed by atoms with van der Waals surface area (Å²) in [5, 5.41) is 32.2. The van der Waals surface area contributed by atoms with Crippen molar-refractivity contribution in [2.24, 2.45) is 4.99 Å². The highest BCUT2D eigenvalue weighted by Crippen LogP contribution is 2.24. The van der Waals surface area contributed by atoms with Gasteiger partial charge in [0, 0.05) is 24.4 Å². The van der Waals surface area contributed by atoms with Crippen LogP contribution < -0.4 is 0 Å². The largest absolute Gasteiger partial charge is 0.285 e. The number of hydrogen-bond donors (Lipinski definition) is 0. The molecule has 0 saturated heterocycles. The highest BCUT2D eigenvalue weighted by Gasteiger charge is 2.18. The van der Waals surface area contributed by atoms with E-state index in [0.29, 0.717) is 5.69 Å². The Morgan fingerprint density at radius 1 is 0.783 bits per heavy atom. The maximum Gasteiger partial charge on any atom is 0.285 e. The van der Waals surface area contributed by atoms with E-state index in [9.17, 15) is 30.3 Å². The van der Waals surface area contributed by atoms with Gasteiger partial charge in [-0.2, -0.15) is 0 Å². The summed E-state index contributed by atoms with van der Waals surface area (Å²) >= 11 is 0. The van der Waals surface area contributed by atoms with Gasteiger partial charge in [-0.05, 0) is 18.2 Å². The van der Waals surface area contributed by atoms with E-state index in [2.05, 4.69) is 4.99 Å². The smallest absolute Gasteiger partial charge is 0.258 e. The van der Waals surface area contributed by atoms with Crippen LogP contribution in [-0.4, -0.2) is 21.0 Å². The molecule has 0 saturated carbocycles. The van der Waals surface area contributed by atoms with Crippen molar-refractivity contribution in [1.82, 2.24) is 0 Å². The van der Waals surface area contributed by atoms with Gasteiger partial charge < -0.3 is 0 Å². The molecule has 0 fully saturated rings. The minimum Gasteiger partial charge on any atom is -0.258 e. The summed E-state index contributed by atoms with van der Waals surface area (Å²) in [6.07, 6.45) is 1.17. The van der Waals surface area contributed by atoms with Gasteiger partial charge in [0.25, 0.3) is 17.1 Å². The van der Waals surface area contributed by atoms with E-state index in [-0.39, 0.29) is 11.3 Å². The van der Waals surface area contributed by atoms with Crippen LogP contribution in [-0.2, 0) is 0 Å². The minimum atomic E-state index is -0.746. The summed E-state index contributed by atoms with van der Waals surface area (Å²) in [4.78, 5) is 34.1. The van der Waals surface area contributed by atoms with Crippen LogP contribution in [0.2, 0.25) is 0 Å². The first-order valence-electron chi connectivity index (χ1n) is 6.10. The molecule has 2 aromatic carbocycles. The predicted octanol–water partition coefficient (Wildman–Crippen LogP) is 3.16. The summed E-state index contributed by atoms with van der Waals surface area (Å²) in [5.74, 6) is 0. The molecule has 0 unspecified atom stereocenters. The van der Waals surface area contributed by atoms with E-state index >= 15 is 0 Å². The first kappa shape index (κ1) is 15.7. The molecule has 0 radical (unpaired) electrons. The Morgan fingerprint density at radius 3 is 1.87 bits per heavy atom. The molecule has 0 N–H and O–H groups in total. The second-order valence-electron chi connectivity index (χ2n) is 4.29. The van der Waals surface area contributed by atoms with Gasteiger partial charge in [-0.1, -0.05) is 0 Å². The van der Waals surface area contributed by atoms with Crippen molar-refractivity contribution in [3.63, 3.8) is 0 Å². The zero-order valence-electron chi connectivity index (χ0n) is 11.4. The van der Waals surface area contributed by atoms with E-state index in [0.717, 1.165) is 12.1 Å². The fraction of sp³-hybridized carbons (Fsp3) is 0. The van der Waals surface area contributed by atoms with Gasteiger partial charge in [-0.25, -0.2) is 0 Å². The molecule has 0 aliphatic rings. The number of rotatable bonds is 5. The third-order valence-corrected chi connectivity index (χ3v) is 2.83. The van der Waals surface area contributed by atoms with Crippen LogP contribution in [0.4, 0.5) is 22.7 Å². The van der Waals surface area contributed by atoms with E-state index in [1.165, 1.54) is 36.5 Å². The van der Waals surface area contributed by atoms with Gasteiger partial charge in [-0.15, -0.1) is 0 Å². The Labute approximate surface area is 128 Å². The van der Waals surface area contributed by atoms with Gasteiger partial charge in [0.05, 0.1) is 32.1 Å². The average molecular weight is 316 g/mol. The molecule has 2 aromatic rings. The van der Waals surface area contributed by atoms with Gasteiger partial charge in [-0.3, -0.25) is 35.3 Å². The molecule has 2 rings (SSSR count). The molecular formula is C13H8N4O6. The standard InChI is InChI=1S/C13H8N4O6/c18-15(19)11-5-2-10(3-6-11)14-8-9-1-4-12(16(20)21)7-13(9)17(22)23/h1-8H. The van der Waals surface area contributed by atoms with Crippen LogP contribution >= 0.6 is 0 Å². The van der Waals surface area contributed by atoms with Gasteiger partial charge in [0.2, 0.25) is 0 Å². The molecular weight excluding hydrogens is 308 g/mol. The number of hydrogen-bond acceptors (Lipinski definition) is 7. The van der Waals surface area contributed by atoms with Crippen LogP contribution in [0.1, 0.15) is 5.56 Å². The summed E-state index contributed by atoms with van der Waals surface area (Å²) in [6, 6.07) is 8.44. The molecule has 0 atom stereocenters. The molecule has 10 heteroatoms. The van der Waals surface area contributed by atoms with Crippen molar-refractivity contribution >= 4 is 29.0 Å². The monoisotopic (exact) mass is 316 g/mol. The molecule has 0 aromatic heterocycles. The van der Waals surface area contributed by atoms with Crippen LogP contribution in [0, 0.1) is 30.3 Å². The van der Waals surface area contributed by atoms with Gasteiger partial charge in [0.1, 0.15) is 0 Å². The topological polar surface area (TPSA) is 142 Å². The lowest BCUT2D eigenvalue weighted by Gasteiger charge is -1.98. The maximum absolute atomic E-state index is 11.0. The summed E-state index contributed by atoms with van der Waals surface area (Å²) in [5.41, 5.74) is -0.526. The van der Waals surface area contributed by atoms with Crippen LogP contribution in [0.3, 0.4) is 0 Å². The number of nitrogens with zero attached hydrogens (tertiary/aromatic N) is 4. The fourth-order valence-electron chi connectivity index (χ4n) is 1.72. The second-order valence-corrected chi connectivity index (χ2v) is 4.29. The quantitative estimate of drug-likeness (QED) is 0.471. The van der Waals surface area contributed by atoms with Gasteiger partial charge >= 0.3 is 0 Å². The average Bonchev–Trinajstić information content (AvgIpc) is 2.52. The summed E-state index contributed by atoms with van der Waals surface area (Å²) in [6.45, 7) is 0. The van der Waals surface area contributed by atoms with Crippen molar-refractivity contribution in [3.05, 3.63) is 78.4 Å². The first-order chi connectivity index (χ1) is 10.9. The predicted molar refractivity (Wildman–Crippen MR) is 80.1 cm³/mol. The first-order valence-corrected chi connectivity index (χ1v) is 6.10. The third-order valence-electron chi connectivity index (χ3n) is 2.83. The van der Waals surface area contributed by atoms with Crippen molar-refractivity contribution in [2.75, 3.05) is 0 Å². The lowest BCUT2D eigenvalue weighted by atomic mass is 10.1. The van der Waals surface area contributed by atoms with Crippen LogP contribution in [0.25, 0.3) is 0 Å². The van der Waals surface area contributed by atoms with Crippen molar-refractivity contribution < 1.29 is 14.8 Å². The fourth-order valence-corrected chi connectivity index (χ4v) is 1.72. The molecule has 116 valence electrons. The molecule has 0 aliphatic carbocycles. The Balaban J connectivity index is 2.33. The van der Waals surface area contributed by atoms with Crippen molar-refractivity contribution in [1.29, 1.82) is 0 Å². The Morgan fingerprint density at radius 2 is 1.35 bits per heavy atom. The number of non-ortho nitro benzene ring substituents is 2. The van der Waals surface area contributed by atoms with Crippen molar-refractivity contribution in [3.8, 4) is 0 Å². The molecule has 0 amide bonds. The Hall–Kier alpha value is -3.69. The SMILES string of the molecule is O=[N+]([O-])c1ccc(N=Cc2ccc([N+](=O)[O-])cc2[N+](=O)[O-])cc1. The minimum absolute atomic E-state index is 0.0824. The van der Waals surface area contributed by atoms with E-state index < -0.39 is 26.1 Å². The zero-order valence-corrected chi connectivity index (χ0v) is 11.4. The molecule has 0 spiro atoms. The van der Waals surface area contributed by atoms with Crippen LogP contribution in [0.15, 0.2) is 47.5 Å². The highest BCUT2D eigenvalue weighted by atomic mass is 16.6. The number of aliphatic imine (C=N–C) groups is 1. The summed E-state index contributed by atoms with van der Waals surface area (Å²) in [7, 11) is 0. The number of benzene rings is 2. The zero-order chi connectivity index (χ0) is 17.0. The van der Waals surface area contributed by atoms with Gasteiger partial charge in [0.15, 0.2) is 0 Å². The number of nitro benzene ring substituents is 3. The van der Waals surface area contributed by atoms with E-state index in [1.807, 2.05) is 0 Å². The molecule has 0 bridgehead atoms. The number of nitro groups is 3. The van der Waals surface area contributed by atoms with E-state index in [4.69, 9.17) is 0 Å². The highest BCUT2D eigenvalue weighted by molar-refractivity contribution is 5.87. The van der Waals surface area contributed by atoms with E-state index in [1.54, 1.807) is 0 Å². The lowest BCUT2D eigenvalue weighted by Crippen LogP contribution is -1.97. The van der Waals surface area contributed by atoms with Crippen LogP contribution in [0.5, 0.6) is 0 Å². The lowest BCUT2D eigenvalue weighted by molar-refractivity contribution is -0.394. The Kier molecular flexibility index (Phi) is 4.36.